The molecule has 0 aliphatic carbocycles. The van der Waals surface area contributed by atoms with Gasteiger partial charge in [0, 0.05) is 6.42 Å². The third kappa shape index (κ3) is 34.2. The van der Waals surface area contributed by atoms with E-state index in [1.807, 2.05) is 6.08 Å². The fourth-order valence-corrected chi connectivity index (χ4v) is 6.67. The minimum atomic E-state index is -4.35. The molecular formula is C39H75NO5S. The molecule has 46 heavy (non-hydrogen) atoms. The second kappa shape index (κ2) is 33.7. The van der Waals surface area contributed by atoms with Gasteiger partial charge in [-0.2, -0.15) is 8.42 Å². The van der Waals surface area contributed by atoms with Crippen molar-refractivity contribution in [2.24, 2.45) is 0 Å². The predicted octanol–water partition coefficient (Wildman–Crippen LogP) is 11.2. The number of allylic oxidation sites excluding steroid dienone is 3. The smallest absolute Gasteiger partial charge is 0.267 e. The Morgan fingerprint density at radius 1 is 0.565 bits per heavy atom. The van der Waals surface area contributed by atoms with E-state index in [0.29, 0.717) is 6.42 Å². The van der Waals surface area contributed by atoms with E-state index in [1.54, 1.807) is 0 Å². The van der Waals surface area contributed by atoms with E-state index < -0.39 is 28.0 Å². The molecule has 2 unspecified atom stereocenters. The summed E-state index contributed by atoms with van der Waals surface area (Å²) < 4.78 is 32.4. The summed E-state index contributed by atoms with van der Waals surface area (Å²) in [5, 5.41) is 13.2. The highest BCUT2D eigenvalue weighted by Crippen LogP contribution is 2.14. The van der Waals surface area contributed by atoms with Crippen LogP contribution < -0.4 is 5.32 Å². The summed E-state index contributed by atoms with van der Waals surface area (Å²) >= 11 is 0. The normalized spacial score (nSPS) is 13.6. The maximum Gasteiger partial charge on any atom is 0.267 e. The number of amides is 1. The van der Waals surface area contributed by atoms with Crippen LogP contribution in [0.25, 0.3) is 0 Å². The van der Waals surface area contributed by atoms with Gasteiger partial charge in [0.2, 0.25) is 5.91 Å². The van der Waals surface area contributed by atoms with Gasteiger partial charge in [-0.1, -0.05) is 186 Å². The maximum atomic E-state index is 12.5. The topological polar surface area (TPSA) is 104 Å². The molecule has 0 aromatic rings. The van der Waals surface area contributed by atoms with Crippen LogP contribution in [0.15, 0.2) is 24.3 Å². The molecule has 2 atom stereocenters. The van der Waals surface area contributed by atoms with Gasteiger partial charge in [0.25, 0.3) is 10.1 Å². The zero-order valence-electron chi connectivity index (χ0n) is 30.2. The van der Waals surface area contributed by atoms with Crippen LogP contribution in [0, 0.1) is 0 Å². The number of aliphatic hydroxyl groups is 1. The van der Waals surface area contributed by atoms with Gasteiger partial charge in [-0.15, -0.1) is 0 Å². The zero-order valence-corrected chi connectivity index (χ0v) is 31.0. The lowest BCUT2D eigenvalue weighted by Crippen LogP contribution is -2.46. The first-order valence-electron chi connectivity index (χ1n) is 19.5. The van der Waals surface area contributed by atoms with Crippen molar-refractivity contribution < 1.29 is 22.9 Å². The Labute approximate surface area is 285 Å². The molecule has 0 aromatic heterocycles. The number of carbonyl (C=O) groups is 1. The van der Waals surface area contributed by atoms with E-state index in [2.05, 4.69) is 31.3 Å². The Balaban J connectivity index is 3.98. The Hall–Kier alpha value is -1.18. The first-order valence-corrected chi connectivity index (χ1v) is 21.1. The summed E-state index contributed by atoms with van der Waals surface area (Å²) in [6, 6.07) is -1.07. The standard InChI is InChI=1S/C39H75NO5S/c1-3-5-7-9-11-13-15-17-18-19-20-21-23-24-26-28-30-32-34-38(41)37(36-46(43,44)45)40-39(42)35-33-31-29-27-25-22-16-14-12-10-8-6-4-2/h24,26,32,34,37-38,41H,3-23,25,27-31,33,35-36H2,1-2H3,(H,40,42)(H,43,44,45)/b26-24+,34-32+. The monoisotopic (exact) mass is 670 g/mol. The molecule has 7 heteroatoms. The van der Waals surface area contributed by atoms with Crippen molar-refractivity contribution in [2.45, 2.75) is 212 Å². The van der Waals surface area contributed by atoms with Crippen molar-refractivity contribution in [3.05, 3.63) is 24.3 Å². The molecule has 3 N–H and O–H groups in total. The van der Waals surface area contributed by atoms with Crippen molar-refractivity contribution in [3.63, 3.8) is 0 Å². The number of nitrogens with one attached hydrogen (secondary N) is 1. The highest BCUT2D eigenvalue weighted by Gasteiger charge is 2.24. The maximum absolute atomic E-state index is 12.5. The lowest BCUT2D eigenvalue weighted by Gasteiger charge is -2.21. The van der Waals surface area contributed by atoms with E-state index in [1.165, 1.54) is 147 Å². The molecule has 0 bridgehead atoms. The molecule has 0 fully saturated rings. The molecule has 0 aliphatic rings. The van der Waals surface area contributed by atoms with Crippen molar-refractivity contribution in [1.29, 1.82) is 0 Å². The van der Waals surface area contributed by atoms with Crippen LogP contribution >= 0.6 is 0 Å². The first kappa shape index (κ1) is 44.8. The summed E-state index contributed by atoms with van der Waals surface area (Å²) in [5.41, 5.74) is 0. The number of hydrogen-bond acceptors (Lipinski definition) is 4. The first-order chi connectivity index (χ1) is 22.3. The van der Waals surface area contributed by atoms with Gasteiger partial charge in [0.05, 0.1) is 17.9 Å². The molecule has 6 nitrogen and oxygen atoms in total. The SMILES string of the molecule is CCCCCCCCCCCCCC/C=C/CC/C=C/C(O)C(CS(=O)(=O)O)NC(=O)CCCCCCCCCCCCCCC. The average molecular weight is 670 g/mol. The van der Waals surface area contributed by atoms with Crippen LogP contribution in [0.2, 0.25) is 0 Å². The van der Waals surface area contributed by atoms with Gasteiger partial charge in [-0.3, -0.25) is 9.35 Å². The van der Waals surface area contributed by atoms with Crippen LogP contribution in [0.5, 0.6) is 0 Å². The van der Waals surface area contributed by atoms with Gasteiger partial charge in [0.1, 0.15) is 0 Å². The third-order valence-corrected chi connectivity index (χ3v) is 9.66. The van der Waals surface area contributed by atoms with Gasteiger partial charge in [-0.25, -0.2) is 0 Å². The summed E-state index contributed by atoms with van der Waals surface area (Å²) in [7, 11) is -4.35. The summed E-state index contributed by atoms with van der Waals surface area (Å²) in [6.45, 7) is 4.51. The van der Waals surface area contributed by atoms with Crippen molar-refractivity contribution in [2.75, 3.05) is 5.75 Å². The molecule has 1 amide bonds. The quantitative estimate of drug-likeness (QED) is 0.0354. The zero-order chi connectivity index (χ0) is 34.0. The number of carbonyl (C=O) groups excluding carboxylic acids is 1. The van der Waals surface area contributed by atoms with E-state index in [0.717, 1.165) is 38.5 Å². The van der Waals surface area contributed by atoms with Crippen LogP contribution in [-0.4, -0.2) is 41.9 Å². The van der Waals surface area contributed by atoms with Crippen molar-refractivity contribution in [3.8, 4) is 0 Å². The van der Waals surface area contributed by atoms with E-state index in [4.69, 9.17) is 0 Å². The molecular weight excluding hydrogens is 594 g/mol. The number of hydrogen-bond donors (Lipinski definition) is 3. The van der Waals surface area contributed by atoms with Crippen LogP contribution in [0.3, 0.4) is 0 Å². The Morgan fingerprint density at radius 3 is 1.37 bits per heavy atom. The minimum Gasteiger partial charge on any atom is -0.387 e. The number of aliphatic hydroxyl groups excluding tert-OH is 1. The largest absolute Gasteiger partial charge is 0.387 e. The van der Waals surface area contributed by atoms with Crippen molar-refractivity contribution >= 4 is 16.0 Å². The Morgan fingerprint density at radius 2 is 0.935 bits per heavy atom. The van der Waals surface area contributed by atoms with Crippen LogP contribution in [0.1, 0.15) is 200 Å². The van der Waals surface area contributed by atoms with Gasteiger partial charge in [-0.05, 0) is 32.1 Å². The minimum absolute atomic E-state index is 0.287. The highest BCUT2D eigenvalue weighted by atomic mass is 32.2. The summed E-state index contributed by atoms with van der Waals surface area (Å²) in [5.74, 6) is -0.994. The van der Waals surface area contributed by atoms with Gasteiger partial charge in [0.15, 0.2) is 0 Å². The van der Waals surface area contributed by atoms with Crippen LogP contribution in [-0.2, 0) is 14.9 Å². The average Bonchev–Trinajstić information content (AvgIpc) is 3.01. The second-order valence-electron chi connectivity index (χ2n) is 13.6. The molecule has 272 valence electrons. The second-order valence-corrected chi connectivity index (χ2v) is 15.1. The molecule has 0 saturated heterocycles. The van der Waals surface area contributed by atoms with E-state index >= 15 is 0 Å². The van der Waals surface area contributed by atoms with Crippen molar-refractivity contribution in [1.82, 2.24) is 5.32 Å². The van der Waals surface area contributed by atoms with Crippen LogP contribution in [0.4, 0.5) is 0 Å². The lowest BCUT2D eigenvalue weighted by atomic mass is 10.0. The van der Waals surface area contributed by atoms with Gasteiger partial charge < -0.3 is 10.4 Å². The molecule has 0 rings (SSSR count). The molecule has 0 aliphatic heterocycles. The fraction of sp³-hybridized carbons (Fsp3) is 0.872. The molecule has 0 heterocycles. The third-order valence-electron chi connectivity index (χ3n) is 8.88. The van der Waals surface area contributed by atoms with E-state index in [-0.39, 0.29) is 5.91 Å². The number of rotatable bonds is 35. The Kier molecular flexibility index (Phi) is 32.8. The molecule has 0 aromatic carbocycles. The predicted molar refractivity (Wildman–Crippen MR) is 198 cm³/mol. The molecule has 0 saturated carbocycles. The Bertz CT molecular complexity index is 826. The summed E-state index contributed by atoms with van der Waals surface area (Å²) in [4.78, 5) is 12.5. The molecule has 0 radical (unpaired) electrons. The van der Waals surface area contributed by atoms with E-state index in [9.17, 15) is 22.9 Å². The van der Waals surface area contributed by atoms with Gasteiger partial charge >= 0.3 is 0 Å². The summed E-state index contributed by atoms with van der Waals surface area (Å²) in [6.07, 6.45) is 41.6. The molecule has 0 spiro atoms. The lowest BCUT2D eigenvalue weighted by molar-refractivity contribution is -0.122. The fourth-order valence-electron chi connectivity index (χ4n) is 5.94. The number of unbranched alkanes of at least 4 members (excludes halogenated alkanes) is 25. The highest BCUT2D eigenvalue weighted by molar-refractivity contribution is 7.85.